The Morgan fingerprint density at radius 3 is 2.45 bits per heavy atom. The summed E-state index contributed by atoms with van der Waals surface area (Å²) in [5.41, 5.74) is 0.951. The van der Waals surface area contributed by atoms with Crippen LogP contribution in [0.3, 0.4) is 0 Å². The predicted molar refractivity (Wildman–Crippen MR) is 76.1 cm³/mol. The number of aromatic nitrogens is 3. The lowest BCUT2D eigenvalue weighted by Crippen LogP contribution is -2.13. The zero-order valence-corrected chi connectivity index (χ0v) is 11.3. The lowest BCUT2D eigenvalue weighted by molar-refractivity contribution is -0.144. The molecular formula is C15H11F3N4. The largest absolute Gasteiger partial charge is 0.451 e. The third-order valence-corrected chi connectivity index (χ3v) is 3.02. The van der Waals surface area contributed by atoms with Crippen LogP contribution < -0.4 is 5.32 Å². The average Bonchev–Trinajstić information content (AvgIpc) is 2.52. The molecule has 2 aromatic heterocycles. The van der Waals surface area contributed by atoms with E-state index >= 15 is 0 Å². The van der Waals surface area contributed by atoms with Gasteiger partial charge in [0.05, 0.1) is 17.8 Å². The highest BCUT2D eigenvalue weighted by Crippen LogP contribution is 2.30. The maximum atomic E-state index is 12.9. The molecule has 0 aliphatic carbocycles. The molecule has 3 aromatic rings. The number of anilines is 1. The first kappa shape index (κ1) is 14.2. The number of hydrogen-bond acceptors (Lipinski definition) is 4. The molecule has 0 fully saturated rings. The van der Waals surface area contributed by atoms with Crippen molar-refractivity contribution < 1.29 is 13.2 Å². The van der Waals surface area contributed by atoms with E-state index < -0.39 is 12.0 Å². The van der Waals surface area contributed by atoms with E-state index in [1.807, 2.05) is 6.07 Å². The van der Waals surface area contributed by atoms with Gasteiger partial charge in [0.1, 0.15) is 5.82 Å². The minimum atomic E-state index is -4.59. The molecule has 2 heterocycles. The topological polar surface area (TPSA) is 50.7 Å². The summed E-state index contributed by atoms with van der Waals surface area (Å²) < 4.78 is 38.7. The van der Waals surface area contributed by atoms with Gasteiger partial charge in [-0.15, -0.1) is 0 Å². The van der Waals surface area contributed by atoms with Crippen LogP contribution in [0.4, 0.5) is 19.0 Å². The summed E-state index contributed by atoms with van der Waals surface area (Å²) in [6.45, 7) is 0.277. The predicted octanol–water partition coefficient (Wildman–Crippen LogP) is 3.66. The van der Waals surface area contributed by atoms with Crippen LogP contribution in [0.25, 0.3) is 10.9 Å². The number of nitrogens with one attached hydrogen (secondary N) is 1. The summed E-state index contributed by atoms with van der Waals surface area (Å²) >= 11 is 0. The molecule has 0 aliphatic heterocycles. The van der Waals surface area contributed by atoms with Crippen molar-refractivity contribution in [3.05, 3.63) is 60.2 Å². The first-order valence-electron chi connectivity index (χ1n) is 6.52. The highest BCUT2D eigenvalue weighted by molar-refractivity contribution is 5.89. The van der Waals surface area contributed by atoms with Gasteiger partial charge < -0.3 is 5.32 Å². The Hall–Kier alpha value is -2.70. The molecule has 4 nitrogen and oxygen atoms in total. The fourth-order valence-corrected chi connectivity index (χ4v) is 2.02. The summed E-state index contributed by atoms with van der Waals surface area (Å²) in [5.74, 6) is -1.02. The van der Waals surface area contributed by atoms with Crippen LogP contribution in [-0.4, -0.2) is 15.0 Å². The smallest absolute Gasteiger partial charge is 0.364 e. The quantitative estimate of drug-likeness (QED) is 0.802. The minimum absolute atomic E-state index is 0.142. The highest BCUT2D eigenvalue weighted by Gasteiger charge is 2.35. The van der Waals surface area contributed by atoms with E-state index in [1.54, 1.807) is 36.5 Å². The van der Waals surface area contributed by atoms with Gasteiger partial charge in [-0.3, -0.25) is 4.98 Å². The number of pyridine rings is 1. The van der Waals surface area contributed by atoms with Gasteiger partial charge in [-0.05, 0) is 24.3 Å². The maximum absolute atomic E-state index is 12.9. The number of hydrogen-bond donors (Lipinski definition) is 1. The van der Waals surface area contributed by atoms with E-state index in [-0.39, 0.29) is 17.9 Å². The Bertz CT molecular complexity index is 788. The Labute approximate surface area is 124 Å². The molecule has 1 N–H and O–H groups in total. The molecule has 7 heteroatoms. The Kier molecular flexibility index (Phi) is 3.62. The number of fused-ring (bicyclic) bond motifs is 1. The monoisotopic (exact) mass is 304 g/mol. The van der Waals surface area contributed by atoms with E-state index in [0.29, 0.717) is 11.1 Å². The van der Waals surface area contributed by atoms with Gasteiger partial charge in [0.2, 0.25) is 5.82 Å². The van der Waals surface area contributed by atoms with Crippen molar-refractivity contribution in [2.75, 3.05) is 5.32 Å². The Morgan fingerprint density at radius 2 is 1.73 bits per heavy atom. The molecule has 0 unspecified atom stereocenters. The third kappa shape index (κ3) is 2.98. The number of alkyl halides is 3. The van der Waals surface area contributed by atoms with Gasteiger partial charge in [-0.1, -0.05) is 18.2 Å². The SMILES string of the molecule is FC(F)(F)c1nc(NCc2ccccn2)c2ccccc2n1. The van der Waals surface area contributed by atoms with Crippen LogP contribution in [0, 0.1) is 0 Å². The summed E-state index contributed by atoms with van der Waals surface area (Å²) in [6, 6.07) is 11.9. The van der Waals surface area contributed by atoms with Crippen LogP contribution >= 0.6 is 0 Å². The van der Waals surface area contributed by atoms with E-state index in [0.717, 1.165) is 0 Å². The van der Waals surface area contributed by atoms with E-state index in [1.165, 1.54) is 6.07 Å². The standard InChI is InChI=1S/C15H11F3N4/c16-15(17,18)14-21-12-7-2-1-6-11(12)13(22-14)20-9-10-5-3-4-8-19-10/h1-8H,9H2,(H,20,21,22). The van der Waals surface area contributed by atoms with Crippen LogP contribution in [0.1, 0.15) is 11.5 Å². The second-order valence-corrected chi connectivity index (χ2v) is 4.59. The molecular weight excluding hydrogens is 293 g/mol. The van der Waals surface area contributed by atoms with Crippen molar-refractivity contribution >= 4 is 16.7 Å². The van der Waals surface area contributed by atoms with Gasteiger partial charge in [0, 0.05) is 11.6 Å². The molecule has 0 aliphatic rings. The number of benzene rings is 1. The fourth-order valence-electron chi connectivity index (χ4n) is 2.02. The van der Waals surface area contributed by atoms with Crippen molar-refractivity contribution in [2.24, 2.45) is 0 Å². The first-order valence-corrected chi connectivity index (χ1v) is 6.52. The summed E-state index contributed by atoms with van der Waals surface area (Å²) in [4.78, 5) is 11.3. The van der Waals surface area contributed by atoms with E-state index in [2.05, 4.69) is 20.3 Å². The number of para-hydroxylation sites is 1. The zero-order chi connectivity index (χ0) is 15.6. The zero-order valence-electron chi connectivity index (χ0n) is 11.3. The minimum Gasteiger partial charge on any atom is -0.364 e. The van der Waals surface area contributed by atoms with E-state index in [4.69, 9.17) is 0 Å². The molecule has 0 amide bonds. The fraction of sp³-hybridized carbons (Fsp3) is 0.133. The average molecular weight is 304 g/mol. The summed E-state index contributed by atoms with van der Waals surface area (Å²) in [7, 11) is 0. The Morgan fingerprint density at radius 1 is 0.955 bits per heavy atom. The number of rotatable bonds is 3. The van der Waals surface area contributed by atoms with Crippen LogP contribution in [0.5, 0.6) is 0 Å². The van der Waals surface area contributed by atoms with Gasteiger partial charge in [0.15, 0.2) is 0 Å². The third-order valence-electron chi connectivity index (χ3n) is 3.02. The molecule has 0 saturated heterocycles. The van der Waals surface area contributed by atoms with Crippen LogP contribution in [0.2, 0.25) is 0 Å². The second kappa shape index (κ2) is 5.59. The van der Waals surface area contributed by atoms with Gasteiger partial charge in [-0.2, -0.15) is 13.2 Å². The molecule has 112 valence electrons. The normalized spacial score (nSPS) is 11.6. The van der Waals surface area contributed by atoms with E-state index in [9.17, 15) is 13.2 Å². The van der Waals surface area contributed by atoms with Crippen molar-refractivity contribution in [1.82, 2.24) is 15.0 Å². The first-order chi connectivity index (χ1) is 10.5. The van der Waals surface area contributed by atoms with Crippen LogP contribution in [-0.2, 0) is 12.7 Å². The van der Waals surface area contributed by atoms with Crippen molar-refractivity contribution in [1.29, 1.82) is 0 Å². The lowest BCUT2D eigenvalue weighted by Gasteiger charge is -2.12. The lowest BCUT2D eigenvalue weighted by atomic mass is 10.2. The van der Waals surface area contributed by atoms with Gasteiger partial charge in [0.25, 0.3) is 0 Å². The molecule has 22 heavy (non-hydrogen) atoms. The van der Waals surface area contributed by atoms with Crippen LogP contribution in [0.15, 0.2) is 48.7 Å². The summed E-state index contributed by atoms with van der Waals surface area (Å²) in [5, 5.41) is 3.44. The Balaban J connectivity index is 1.99. The highest BCUT2D eigenvalue weighted by atomic mass is 19.4. The van der Waals surface area contributed by atoms with Gasteiger partial charge >= 0.3 is 6.18 Å². The molecule has 0 bridgehead atoms. The number of nitrogens with zero attached hydrogens (tertiary/aromatic N) is 3. The van der Waals surface area contributed by atoms with Crippen molar-refractivity contribution in [3.63, 3.8) is 0 Å². The summed E-state index contributed by atoms with van der Waals surface area (Å²) in [6.07, 6.45) is -2.97. The van der Waals surface area contributed by atoms with Crippen molar-refractivity contribution in [3.8, 4) is 0 Å². The molecule has 3 rings (SSSR count). The molecule has 0 spiro atoms. The maximum Gasteiger partial charge on any atom is 0.451 e. The molecule has 0 saturated carbocycles. The van der Waals surface area contributed by atoms with Gasteiger partial charge in [-0.25, -0.2) is 9.97 Å². The van der Waals surface area contributed by atoms with Crippen molar-refractivity contribution in [2.45, 2.75) is 12.7 Å². The second-order valence-electron chi connectivity index (χ2n) is 4.59. The molecule has 1 aromatic carbocycles. The molecule has 0 atom stereocenters. The molecule has 0 radical (unpaired) electrons. The number of halogens is 3.